The molecular formula is C23H25N. The van der Waals surface area contributed by atoms with Crippen LogP contribution in [-0.2, 0) is 6.54 Å². The second-order valence-corrected chi connectivity index (χ2v) is 7.00. The lowest BCUT2D eigenvalue weighted by Crippen LogP contribution is -2.37. The van der Waals surface area contributed by atoms with Crippen LogP contribution in [0.1, 0.15) is 36.8 Å². The van der Waals surface area contributed by atoms with E-state index in [2.05, 4.69) is 83.8 Å². The number of rotatable bonds is 5. The quantitative estimate of drug-likeness (QED) is 0.663. The summed E-state index contributed by atoms with van der Waals surface area (Å²) in [5.74, 6) is 0. The molecule has 2 aliphatic rings. The minimum absolute atomic E-state index is 0.643. The zero-order valence-corrected chi connectivity index (χ0v) is 14.1. The summed E-state index contributed by atoms with van der Waals surface area (Å²) in [6.07, 6.45) is 12.1. The van der Waals surface area contributed by atoms with Gasteiger partial charge in [0.1, 0.15) is 0 Å². The molecule has 0 radical (unpaired) electrons. The van der Waals surface area contributed by atoms with Crippen molar-refractivity contribution in [3.05, 3.63) is 89.5 Å². The first-order valence-electron chi connectivity index (χ1n) is 9.09. The highest BCUT2D eigenvalue weighted by Gasteiger charge is 2.35. The molecule has 2 unspecified atom stereocenters. The van der Waals surface area contributed by atoms with Crippen LogP contribution in [0, 0.1) is 0 Å². The molecule has 0 saturated carbocycles. The van der Waals surface area contributed by atoms with Gasteiger partial charge in [0, 0.05) is 18.6 Å². The van der Waals surface area contributed by atoms with Crippen molar-refractivity contribution in [1.82, 2.24) is 4.90 Å². The van der Waals surface area contributed by atoms with Crippen molar-refractivity contribution in [3.63, 3.8) is 0 Å². The standard InChI is InChI=1S/C23H25N/c1-3-8-19(9-4-1)12-7-13-21-16-22-14-15-23(17-21)24(22)18-20-10-5-2-6-11-20/h1-12,16,22-23H,13-15,17-18H2/b12-7+. The maximum absolute atomic E-state index is 2.71. The molecule has 2 bridgehead atoms. The molecule has 2 atom stereocenters. The fourth-order valence-corrected chi connectivity index (χ4v) is 4.11. The SMILES string of the molecule is C1=C(C/C=C/c2ccccc2)CC2CCC1N2Cc1ccccc1. The van der Waals surface area contributed by atoms with Crippen LogP contribution < -0.4 is 0 Å². The Labute approximate surface area is 145 Å². The van der Waals surface area contributed by atoms with Crippen molar-refractivity contribution >= 4 is 6.08 Å². The molecule has 122 valence electrons. The number of hydrogen-bond donors (Lipinski definition) is 0. The third kappa shape index (κ3) is 3.52. The molecule has 0 spiro atoms. The number of hydrogen-bond acceptors (Lipinski definition) is 1. The summed E-state index contributed by atoms with van der Waals surface area (Å²) < 4.78 is 0. The van der Waals surface area contributed by atoms with Gasteiger partial charge in [-0.3, -0.25) is 4.90 Å². The van der Waals surface area contributed by atoms with E-state index in [0.717, 1.165) is 19.0 Å². The van der Waals surface area contributed by atoms with Gasteiger partial charge in [0.05, 0.1) is 0 Å². The molecule has 2 aromatic rings. The second kappa shape index (κ2) is 7.19. The third-order valence-corrected chi connectivity index (χ3v) is 5.31. The van der Waals surface area contributed by atoms with Gasteiger partial charge in [-0.1, -0.05) is 84.5 Å². The van der Waals surface area contributed by atoms with Crippen LogP contribution in [0.5, 0.6) is 0 Å². The first-order valence-corrected chi connectivity index (χ1v) is 9.09. The predicted molar refractivity (Wildman–Crippen MR) is 102 cm³/mol. The molecule has 1 fully saturated rings. The van der Waals surface area contributed by atoms with Gasteiger partial charge < -0.3 is 0 Å². The maximum atomic E-state index is 2.71. The molecule has 1 saturated heterocycles. The van der Waals surface area contributed by atoms with E-state index >= 15 is 0 Å². The van der Waals surface area contributed by atoms with Crippen LogP contribution in [-0.4, -0.2) is 17.0 Å². The minimum Gasteiger partial charge on any atom is -0.289 e. The Balaban J connectivity index is 1.39. The van der Waals surface area contributed by atoms with Gasteiger partial charge in [-0.2, -0.15) is 0 Å². The van der Waals surface area contributed by atoms with E-state index in [1.807, 2.05) is 0 Å². The summed E-state index contributed by atoms with van der Waals surface area (Å²) in [5.41, 5.74) is 4.36. The van der Waals surface area contributed by atoms with Crippen molar-refractivity contribution in [2.45, 2.75) is 44.3 Å². The van der Waals surface area contributed by atoms with Gasteiger partial charge in [0.25, 0.3) is 0 Å². The Kier molecular flexibility index (Phi) is 4.62. The molecule has 2 heterocycles. The van der Waals surface area contributed by atoms with Gasteiger partial charge in [-0.25, -0.2) is 0 Å². The van der Waals surface area contributed by atoms with Crippen molar-refractivity contribution in [3.8, 4) is 0 Å². The van der Waals surface area contributed by atoms with Gasteiger partial charge in [0.15, 0.2) is 0 Å². The number of nitrogens with zero attached hydrogens (tertiary/aromatic N) is 1. The number of benzene rings is 2. The zero-order chi connectivity index (χ0) is 16.2. The van der Waals surface area contributed by atoms with E-state index in [0.29, 0.717) is 6.04 Å². The normalized spacial score (nSPS) is 23.6. The highest BCUT2D eigenvalue weighted by atomic mass is 15.2. The van der Waals surface area contributed by atoms with Crippen molar-refractivity contribution in [2.24, 2.45) is 0 Å². The van der Waals surface area contributed by atoms with Crippen LogP contribution in [0.25, 0.3) is 6.08 Å². The van der Waals surface area contributed by atoms with Crippen LogP contribution in [0.15, 0.2) is 78.4 Å². The third-order valence-electron chi connectivity index (χ3n) is 5.31. The van der Waals surface area contributed by atoms with E-state index in [1.165, 1.54) is 30.4 Å². The zero-order valence-electron chi connectivity index (χ0n) is 14.1. The topological polar surface area (TPSA) is 3.24 Å². The summed E-state index contributed by atoms with van der Waals surface area (Å²) in [7, 11) is 0. The van der Waals surface area contributed by atoms with E-state index in [1.54, 1.807) is 5.57 Å². The Morgan fingerprint density at radius 1 is 0.917 bits per heavy atom. The van der Waals surface area contributed by atoms with Crippen molar-refractivity contribution in [2.75, 3.05) is 0 Å². The van der Waals surface area contributed by atoms with Crippen LogP contribution in [0.2, 0.25) is 0 Å². The summed E-state index contributed by atoms with van der Waals surface area (Å²) in [4.78, 5) is 2.71. The lowest BCUT2D eigenvalue weighted by atomic mass is 9.97. The molecule has 4 rings (SSSR count). The first-order chi connectivity index (χ1) is 11.9. The molecule has 0 amide bonds. The lowest BCUT2D eigenvalue weighted by molar-refractivity contribution is 0.195. The van der Waals surface area contributed by atoms with Gasteiger partial charge in [0.2, 0.25) is 0 Å². The molecule has 0 aromatic heterocycles. The highest BCUT2D eigenvalue weighted by molar-refractivity contribution is 5.49. The molecule has 0 N–H and O–H groups in total. The Bertz CT molecular complexity index is 714. The first kappa shape index (κ1) is 15.4. The van der Waals surface area contributed by atoms with Gasteiger partial charge >= 0.3 is 0 Å². The van der Waals surface area contributed by atoms with Crippen molar-refractivity contribution < 1.29 is 0 Å². The molecule has 2 aromatic carbocycles. The van der Waals surface area contributed by atoms with Crippen LogP contribution >= 0.6 is 0 Å². The molecule has 1 nitrogen and oxygen atoms in total. The average Bonchev–Trinajstić information content (AvgIpc) is 2.86. The smallest absolute Gasteiger partial charge is 0.0288 e. The fraction of sp³-hybridized carbons (Fsp3) is 0.304. The number of fused-ring (bicyclic) bond motifs is 2. The Morgan fingerprint density at radius 2 is 1.67 bits per heavy atom. The van der Waals surface area contributed by atoms with E-state index in [4.69, 9.17) is 0 Å². The fourth-order valence-electron chi connectivity index (χ4n) is 4.11. The van der Waals surface area contributed by atoms with Crippen molar-refractivity contribution in [1.29, 1.82) is 0 Å². The molecular weight excluding hydrogens is 290 g/mol. The maximum Gasteiger partial charge on any atom is 0.0288 e. The van der Waals surface area contributed by atoms with E-state index in [-0.39, 0.29) is 0 Å². The largest absolute Gasteiger partial charge is 0.289 e. The van der Waals surface area contributed by atoms with Crippen LogP contribution in [0.3, 0.4) is 0 Å². The molecule has 24 heavy (non-hydrogen) atoms. The molecule has 2 aliphatic heterocycles. The monoisotopic (exact) mass is 315 g/mol. The summed E-state index contributed by atoms with van der Waals surface area (Å²) in [6.45, 7) is 1.10. The summed E-state index contributed by atoms with van der Waals surface area (Å²) >= 11 is 0. The second-order valence-electron chi connectivity index (χ2n) is 7.00. The molecule has 0 aliphatic carbocycles. The summed E-state index contributed by atoms with van der Waals surface area (Å²) in [5, 5.41) is 0. The number of allylic oxidation sites excluding steroid dienone is 1. The average molecular weight is 315 g/mol. The minimum atomic E-state index is 0.643. The highest BCUT2D eigenvalue weighted by Crippen LogP contribution is 2.37. The Morgan fingerprint density at radius 3 is 2.42 bits per heavy atom. The summed E-state index contributed by atoms with van der Waals surface area (Å²) in [6, 6.07) is 22.9. The lowest BCUT2D eigenvalue weighted by Gasteiger charge is -2.34. The molecule has 1 heteroatoms. The van der Waals surface area contributed by atoms with E-state index in [9.17, 15) is 0 Å². The van der Waals surface area contributed by atoms with Gasteiger partial charge in [-0.15, -0.1) is 0 Å². The predicted octanol–water partition coefficient (Wildman–Crippen LogP) is 5.45. The van der Waals surface area contributed by atoms with E-state index < -0.39 is 0 Å². The Hall–Kier alpha value is -2.12. The van der Waals surface area contributed by atoms with Gasteiger partial charge in [-0.05, 0) is 36.8 Å². The van der Waals surface area contributed by atoms with Crippen LogP contribution in [0.4, 0.5) is 0 Å².